The fourth-order valence-corrected chi connectivity index (χ4v) is 5.86. The molecule has 1 aliphatic rings. The highest BCUT2D eigenvalue weighted by atomic mass is 32.1. The molecule has 4 aromatic rings. The fraction of sp³-hybridized carbons (Fsp3) is 0.235. The molecule has 1 saturated heterocycles. The minimum Gasteiger partial charge on any atom is -0.481 e. The maximum absolute atomic E-state index is 13.5. The smallest absolute Gasteiger partial charge is 0.305 e. The van der Waals surface area contributed by atoms with E-state index in [1.165, 1.54) is 11.3 Å². The molecule has 3 N–H and O–H groups in total. The van der Waals surface area contributed by atoms with E-state index in [1.54, 1.807) is 30.3 Å². The molecule has 0 spiro atoms. The van der Waals surface area contributed by atoms with Crippen LogP contribution in [0, 0.1) is 6.92 Å². The molecule has 1 atom stereocenters. The van der Waals surface area contributed by atoms with E-state index in [-0.39, 0.29) is 23.8 Å². The summed E-state index contributed by atoms with van der Waals surface area (Å²) in [5.74, 6) is -1.80. The molecule has 5 rings (SSSR count). The summed E-state index contributed by atoms with van der Waals surface area (Å²) in [6.07, 6.45) is 0.452. The lowest BCUT2D eigenvalue weighted by molar-refractivity contribution is -0.137. The van der Waals surface area contributed by atoms with Crippen molar-refractivity contribution < 1.29 is 24.3 Å². The lowest BCUT2D eigenvalue weighted by Gasteiger charge is -2.26. The van der Waals surface area contributed by atoms with Crippen LogP contribution in [0.3, 0.4) is 0 Å². The zero-order valence-electron chi connectivity index (χ0n) is 24.4. The van der Waals surface area contributed by atoms with Gasteiger partial charge in [-0.05, 0) is 60.7 Å². The SMILES string of the molecule is Cc1ccc(C(CC(=O)O)NC(=O)c2ccc(N3CCCN(C(=O)c4ccccc4)CC3)c(NC(=O)c3cccs3)c2)cc1. The summed E-state index contributed by atoms with van der Waals surface area (Å²) >= 11 is 1.31. The van der Waals surface area contributed by atoms with Gasteiger partial charge in [0, 0.05) is 37.3 Å². The topological polar surface area (TPSA) is 119 Å². The Morgan fingerprint density at radius 2 is 1.61 bits per heavy atom. The second kappa shape index (κ2) is 14.0. The zero-order chi connectivity index (χ0) is 31.1. The van der Waals surface area contributed by atoms with Crippen LogP contribution in [0.5, 0.6) is 0 Å². The third-order valence-corrected chi connectivity index (χ3v) is 8.43. The zero-order valence-corrected chi connectivity index (χ0v) is 25.2. The largest absolute Gasteiger partial charge is 0.481 e. The second-order valence-corrected chi connectivity index (χ2v) is 11.6. The molecular weight excluding hydrogens is 576 g/mol. The predicted octanol–water partition coefficient (Wildman–Crippen LogP) is 5.61. The molecule has 0 radical (unpaired) electrons. The molecule has 1 aromatic heterocycles. The van der Waals surface area contributed by atoms with E-state index < -0.39 is 17.9 Å². The van der Waals surface area contributed by atoms with Crippen molar-refractivity contribution in [3.8, 4) is 0 Å². The van der Waals surface area contributed by atoms with E-state index in [9.17, 15) is 24.3 Å². The van der Waals surface area contributed by atoms with Gasteiger partial charge in [-0.3, -0.25) is 19.2 Å². The van der Waals surface area contributed by atoms with Crippen molar-refractivity contribution in [2.75, 3.05) is 36.4 Å². The fourth-order valence-electron chi connectivity index (χ4n) is 5.24. The normalized spacial score (nSPS) is 13.9. The number of rotatable bonds is 9. The Morgan fingerprint density at radius 1 is 0.841 bits per heavy atom. The van der Waals surface area contributed by atoms with E-state index in [1.807, 2.05) is 71.8 Å². The van der Waals surface area contributed by atoms with Crippen LogP contribution in [0.4, 0.5) is 11.4 Å². The Bertz CT molecular complexity index is 1620. The number of hydrogen-bond acceptors (Lipinski definition) is 6. The number of aryl methyl sites for hydroxylation is 1. The maximum atomic E-state index is 13.5. The minimum absolute atomic E-state index is 0.0183. The molecule has 1 unspecified atom stereocenters. The van der Waals surface area contributed by atoms with E-state index in [0.29, 0.717) is 47.9 Å². The first kappa shape index (κ1) is 30.5. The van der Waals surface area contributed by atoms with Crippen LogP contribution in [0.2, 0.25) is 0 Å². The summed E-state index contributed by atoms with van der Waals surface area (Å²) in [5, 5.41) is 17.2. The molecule has 3 amide bonds. The molecule has 226 valence electrons. The number of carbonyl (C=O) groups excluding carboxylic acids is 3. The average molecular weight is 611 g/mol. The number of carboxylic acids is 1. The summed E-state index contributed by atoms with van der Waals surface area (Å²) in [5.41, 5.74) is 3.84. The monoisotopic (exact) mass is 610 g/mol. The van der Waals surface area contributed by atoms with Crippen LogP contribution in [-0.2, 0) is 4.79 Å². The molecule has 10 heteroatoms. The third-order valence-electron chi connectivity index (χ3n) is 7.56. The standard InChI is InChI=1S/C34H34N4O5S/c1-23-10-12-24(13-11-23)27(22-31(39)40)35-32(41)26-14-15-29(28(21-26)36-33(42)30-9-5-20-44-30)37-16-6-17-38(19-18-37)34(43)25-7-3-2-4-8-25/h2-5,7-15,20-21,27H,6,16-19,22H2,1H3,(H,35,41)(H,36,42)(H,39,40). The van der Waals surface area contributed by atoms with Gasteiger partial charge in [-0.2, -0.15) is 0 Å². The Morgan fingerprint density at radius 3 is 2.32 bits per heavy atom. The molecule has 0 saturated carbocycles. The molecular formula is C34H34N4O5S. The first-order valence-electron chi connectivity index (χ1n) is 14.5. The lowest BCUT2D eigenvalue weighted by atomic mass is 10.0. The molecule has 0 bridgehead atoms. The summed E-state index contributed by atoms with van der Waals surface area (Å²) < 4.78 is 0. The molecule has 9 nitrogen and oxygen atoms in total. The van der Waals surface area contributed by atoms with Crippen molar-refractivity contribution in [1.82, 2.24) is 10.2 Å². The van der Waals surface area contributed by atoms with Gasteiger partial charge in [0.25, 0.3) is 17.7 Å². The average Bonchev–Trinajstić information content (AvgIpc) is 3.46. The van der Waals surface area contributed by atoms with E-state index >= 15 is 0 Å². The number of nitrogens with zero attached hydrogens (tertiary/aromatic N) is 2. The van der Waals surface area contributed by atoms with Gasteiger partial charge in [0.1, 0.15) is 0 Å². The quantitative estimate of drug-likeness (QED) is 0.227. The van der Waals surface area contributed by atoms with Crippen molar-refractivity contribution in [1.29, 1.82) is 0 Å². The Labute approximate surface area is 260 Å². The van der Waals surface area contributed by atoms with E-state index in [2.05, 4.69) is 15.5 Å². The Hall–Kier alpha value is -4.96. The van der Waals surface area contributed by atoms with Gasteiger partial charge in [-0.25, -0.2) is 0 Å². The molecule has 44 heavy (non-hydrogen) atoms. The van der Waals surface area contributed by atoms with Gasteiger partial charge in [0.15, 0.2) is 0 Å². The number of benzene rings is 3. The number of carboxylic acid groups (broad SMARTS) is 1. The first-order valence-corrected chi connectivity index (χ1v) is 15.3. The van der Waals surface area contributed by atoms with Gasteiger partial charge in [-0.1, -0.05) is 54.1 Å². The van der Waals surface area contributed by atoms with Crippen molar-refractivity contribution in [3.63, 3.8) is 0 Å². The molecule has 1 aliphatic heterocycles. The van der Waals surface area contributed by atoms with Crippen molar-refractivity contribution in [2.45, 2.75) is 25.8 Å². The van der Waals surface area contributed by atoms with Crippen molar-refractivity contribution in [2.24, 2.45) is 0 Å². The number of hydrogen-bond donors (Lipinski definition) is 3. The van der Waals surface area contributed by atoms with Crippen LogP contribution in [0.1, 0.15) is 60.4 Å². The van der Waals surface area contributed by atoms with Gasteiger partial charge in [0.05, 0.1) is 28.7 Å². The molecule has 0 aliphatic carbocycles. The Kier molecular flexibility index (Phi) is 9.71. The van der Waals surface area contributed by atoms with Crippen LogP contribution < -0.4 is 15.5 Å². The molecule has 1 fully saturated rings. The highest BCUT2D eigenvalue weighted by Gasteiger charge is 2.24. The minimum atomic E-state index is -1.03. The van der Waals surface area contributed by atoms with Gasteiger partial charge < -0.3 is 25.5 Å². The molecule has 2 heterocycles. The lowest BCUT2D eigenvalue weighted by Crippen LogP contribution is -2.35. The summed E-state index contributed by atoms with van der Waals surface area (Å²) in [7, 11) is 0. The number of amides is 3. The first-order chi connectivity index (χ1) is 21.3. The number of thiophene rings is 1. The highest BCUT2D eigenvalue weighted by Crippen LogP contribution is 2.30. The van der Waals surface area contributed by atoms with Crippen molar-refractivity contribution in [3.05, 3.63) is 117 Å². The number of aliphatic carboxylic acids is 1. The van der Waals surface area contributed by atoms with Crippen LogP contribution in [0.25, 0.3) is 0 Å². The summed E-state index contributed by atoms with van der Waals surface area (Å²) in [4.78, 5) is 55.8. The summed E-state index contributed by atoms with van der Waals surface area (Å²) in [6, 6.07) is 24.5. The third kappa shape index (κ3) is 7.51. The maximum Gasteiger partial charge on any atom is 0.305 e. The number of anilines is 2. The Balaban J connectivity index is 1.39. The number of nitrogens with one attached hydrogen (secondary N) is 2. The van der Waals surface area contributed by atoms with Crippen LogP contribution in [0.15, 0.2) is 90.3 Å². The number of carbonyl (C=O) groups is 4. The predicted molar refractivity (Wildman–Crippen MR) is 172 cm³/mol. The van der Waals surface area contributed by atoms with Crippen molar-refractivity contribution >= 4 is 46.4 Å². The van der Waals surface area contributed by atoms with E-state index in [0.717, 1.165) is 17.7 Å². The van der Waals surface area contributed by atoms with Gasteiger partial charge >= 0.3 is 5.97 Å². The second-order valence-electron chi connectivity index (χ2n) is 10.7. The van der Waals surface area contributed by atoms with Crippen LogP contribution >= 0.6 is 11.3 Å². The summed E-state index contributed by atoms with van der Waals surface area (Å²) in [6.45, 7) is 4.23. The van der Waals surface area contributed by atoms with Crippen LogP contribution in [-0.4, -0.2) is 59.9 Å². The molecule has 3 aromatic carbocycles. The highest BCUT2D eigenvalue weighted by molar-refractivity contribution is 7.12. The van der Waals surface area contributed by atoms with E-state index in [4.69, 9.17) is 0 Å². The van der Waals surface area contributed by atoms with Gasteiger partial charge in [0.2, 0.25) is 0 Å². The van der Waals surface area contributed by atoms with Gasteiger partial charge in [-0.15, -0.1) is 11.3 Å².